The van der Waals surface area contributed by atoms with E-state index in [0.717, 1.165) is 25.7 Å². The van der Waals surface area contributed by atoms with Crippen molar-refractivity contribution in [3.63, 3.8) is 0 Å². The minimum Gasteiger partial charge on any atom is -0.494 e. The number of hydrogen-bond acceptors (Lipinski definition) is 6. The summed E-state index contributed by atoms with van der Waals surface area (Å²) in [5, 5.41) is 13.9. The van der Waals surface area contributed by atoms with Crippen molar-refractivity contribution < 1.29 is 9.53 Å². The predicted octanol–water partition coefficient (Wildman–Crippen LogP) is 0.881. The van der Waals surface area contributed by atoms with Crippen LogP contribution in [0.2, 0.25) is 0 Å². The summed E-state index contributed by atoms with van der Waals surface area (Å²) in [6.07, 6.45) is 4.87. The SMILES string of the molecule is COc1ccc(NC(=O)C2(N)CCCC2)cc1-n1cnnn1. The lowest BCUT2D eigenvalue weighted by atomic mass is 9.98. The highest BCUT2D eigenvalue weighted by atomic mass is 16.5. The van der Waals surface area contributed by atoms with E-state index >= 15 is 0 Å². The summed E-state index contributed by atoms with van der Waals surface area (Å²) in [6, 6.07) is 5.28. The summed E-state index contributed by atoms with van der Waals surface area (Å²) >= 11 is 0. The van der Waals surface area contributed by atoms with Crippen LogP contribution in [0.15, 0.2) is 24.5 Å². The molecule has 2 aromatic rings. The Morgan fingerprint density at radius 3 is 2.82 bits per heavy atom. The molecule has 22 heavy (non-hydrogen) atoms. The number of nitrogens with one attached hydrogen (secondary N) is 1. The fourth-order valence-corrected chi connectivity index (χ4v) is 2.71. The molecule has 116 valence electrons. The second-order valence-corrected chi connectivity index (χ2v) is 5.46. The molecule has 0 radical (unpaired) electrons. The fraction of sp³-hybridized carbons (Fsp3) is 0.429. The lowest BCUT2D eigenvalue weighted by Gasteiger charge is -2.22. The standard InChI is InChI=1S/C14H18N6O2/c1-22-12-5-4-10(8-11(12)20-9-16-18-19-20)17-13(21)14(15)6-2-3-7-14/h4-5,8-9H,2-3,6-7,15H2,1H3,(H,17,21). The Kier molecular flexibility index (Phi) is 3.76. The molecule has 1 amide bonds. The van der Waals surface area contributed by atoms with Crippen LogP contribution in [-0.4, -0.2) is 38.8 Å². The number of hydrogen-bond donors (Lipinski definition) is 2. The second-order valence-electron chi connectivity index (χ2n) is 5.46. The summed E-state index contributed by atoms with van der Waals surface area (Å²) < 4.78 is 6.77. The topological polar surface area (TPSA) is 108 Å². The van der Waals surface area contributed by atoms with E-state index < -0.39 is 5.54 Å². The number of tetrazole rings is 1. The molecule has 3 N–H and O–H groups in total. The van der Waals surface area contributed by atoms with Crippen LogP contribution in [0.4, 0.5) is 5.69 Å². The Hall–Kier alpha value is -2.48. The van der Waals surface area contributed by atoms with Crippen LogP contribution < -0.4 is 15.8 Å². The number of aromatic nitrogens is 4. The summed E-state index contributed by atoms with van der Waals surface area (Å²) in [6.45, 7) is 0. The first-order valence-corrected chi connectivity index (χ1v) is 7.14. The van der Waals surface area contributed by atoms with E-state index in [4.69, 9.17) is 10.5 Å². The summed E-state index contributed by atoms with van der Waals surface area (Å²) in [4.78, 5) is 12.4. The number of carbonyl (C=O) groups excluding carboxylic acids is 1. The van der Waals surface area contributed by atoms with Crippen molar-refractivity contribution >= 4 is 11.6 Å². The zero-order valence-corrected chi connectivity index (χ0v) is 12.3. The molecule has 0 saturated heterocycles. The molecular formula is C14H18N6O2. The average Bonchev–Trinajstić information content (AvgIpc) is 3.19. The van der Waals surface area contributed by atoms with E-state index in [1.807, 2.05) is 0 Å². The Morgan fingerprint density at radius 2 is 2.18 bits per heavy atom. The Bertz CT molecular complexity index is 664. The third-order valence-electron chi connectivity index (χ3n) is 3.98. The molecule has 1 heterocycles. The Balaban J connectivity index is 1.86. The van der Waals surface area contributed by atoms with E-state index in [2.05, 4.69) is 20.8 Å². The molecule has 1 aliphatic rings. The van der Waals surface area contributed by atoms with Gasteiger partial charge in [-0.2, -0.15) is 4.68 Å². The maximum absolute atomic E-state index is 12.4. The molecule has 1 aromatic carbocycles. The van der Waals surface area contributed by atoms with Crippen molar-refractivity contribution in [2.75, 3.05) is 12.4 Å². The van der Waals surface area contributed by atoms with Crippen LogP contribution >= 0.6 is 0 Å². The third-order valence-corrected chi connectivity index (χ3v) is 3.98. The van der Waals surface area contributed by atoms with E-state index in [1.165, 1.54) is 11.0 Å². The van der Waals surface area contributed by atoms with Gasteiger partial charge in [0.1, 0.15) is 17.8 Å². The average molecular weight is 302 g/mol. The van der Waals surface area contributed by atoms with Crippen LogP contribution in [0.25, 0.3) is 5.69 Å². The van der Waals surface area contributed by atoms with Crippen LogP contribution in [0.3, 0.4) is 0 Å². The maximum Gasteiger partial charge on any atom is 0.244 e. The molecule has 1 saturated carbocycles. The number of carbonyl (C=O) groups is 1. The number of benzene rings is 1. The largest absolute Gasteiger partial charge is 0.494 e. The summed E-state index contributed by atoms with van der Waals surface area (Å²) in [5.41, 5.74) is 6.67. The number of amides is 1. The molecule has 3 rings (SSSR count). The van der Waals surface area contributed by atoms with Gasteiger partial charge in [-0.3, -0.25) is 4.79 Å². The van der Waals surface area contributed by atoms with Gasteiger partial charge in [0.25, 0.3) is 0 Å². The van der Waals surface area contributed by atoms with Crippen LogP contribution in [-0.2, 0) is 4.79 Å². The Morgan fingerprint density at radius 1 is 1.41 bits per heavy atom. The number of methoxy groups -OCH3 is 1. The van der Waals surface area contributed by atoms with Gasteiger partial charge in [0.05, 0.1) is 12.6 Å². The lowest BCUT2D eigenvalue weighted by Crippen LogP contribution is -2.48. The van der Waals surface area contributed by atoms with Crippen LogP contribution in [0.1, 0.15) is 25.7 Å². The van der Waals surface area contributed by atoms with E-state index in [-0.39, 0.29) is 5.91 Å². The molecule has 8 heteroatoms. The number of rotatable bonds is 4. The van der Waals surface area contributed by atoms with E-state index in [9.17, 15) is 4.79 Å². The normalized spacial score (nSPS) is 16.5. The van der Waals surface area contributed by atoms with Gasteiger partial charge in [-0.1, -0.05) is 12.8 Å². The van der Waals surface area contributed by atoms with Crippen molar-refractivity contribution in [1.29, 1.82) is 0 Å². The van der Waals surface area contributed by atoms with Gasteiger partial charge in [0.15, 0.2) is 0 Å². The first-order valence-electron chi connectivity index (χ1n) is 7.14. The molecule has 0 unspecified atom stereocenters. The van der Waals surface area contributed by atoms with Crippen LogP contribution in [0, 0.1) is 0 Å². The number of nitrogens with two attached hydrogens (primary N) is 1. The number of ether oxygens (including phenoxy) is 1. The summed E-state index contributed by atoms with van der Waals surface area (Å²) in [5.74, 6) is 0.450. The smallest absolute Gasteiger partial charge is 0.244 e. The molecule has 1 aromatic heterocycles. The van der Waals surface area contributed by atoms with Crippen molar-refractivity contribution in [3.8, 4) is 11.4 Å². The van der Waals surface area contributed by atoms with Gasteiger partial charge >= 0.3 is 0 Å². The molecule has 0 atom stereocenters. The van der Waals surface area contributed by atoms with Crippen LogP contribution in [0.5, 0.6) is 5.75 Å². The highest BCUT2D eigenvalue weighted by Crippen LogP contribution is 2.30. The number of anilines is 1. The van der Waals surface area contributed by atoms with Gasteiger partial charge < -0.3 is 15.8 Å². The van der Waals surface area contributed by atoms with Crippen molar-refractivity contribution in [2.24, 2.45) is 5.73 Å². The molecule has 1 aliphatic carbocycles. The minimum atomic E-state index is -0.769. The highest BCUT2D eigenvalue weighted by Gasteiger charge is 2.37. The molecule has 0 bridgehead atoms. The lowest BCUT2D eigenvalue weighted by molar-refractivity contribution is -0.121. The zero-order chi connectivity index (χ0) is 15.6. The summed E-state index contributed by atoms with van der Waals surface area (Å²) in [7, 11) is 1.56. The molecule has 0 aliphatic heterocycles. The highest BCUT2D eigenvalue weighted by molar-refractivity contribution is 5.98. The number of nitrogens with zero attached hydrogens (tertiary/aromatic N) is 4. The van der Waals surface area contributed by atoms with Gasteiger partial charge in [-0.25, -0.2) is 0 Å². The monoisotopic (exact) mass is 302 g/mol. The van der Waals surface area contributed by atoms with Gasteiger partial charge in [-0.05, 0) is 41.5 Å². The predicted molar refractivity (Wildman–Crippen MR) is 79.7 cm³/mol. The minimum absolute atomic E-state index is 0.155. The molecular weight excluding hydrogens is 284 g/mol. The first-order chi connectivity index (χ1) is 10.6. The van der Waals surface area contributed by atoms with Crippen molar-refractivity contribution in [1.82, 2.24) is 20.2 Å². The van der Waals surface area contributed by atoms with Crippen molar-refractivity contribution in [2.45, 2.75) is 31.2 Å². The molecule has 8 nitrogen and oxygen atoms in total. The maximum atomic E-state index is 12.4. The first kappa shape index (κ1) is 14.5. The second kappa shape index (κ2) is 5.72. The fourth-order valence-electron chi connectivity index (χ4n) is 2.71. The zero-order valence-electron chi connectivity index (χ0n) is 12.3. The van der Waals surface area contributed by atoms with Gasteiger partial charge in [-0.15, -0.1) is 5.10 Å². The molecule has 0 spiro atoms. The third kappa shape index (κ3) is 2.64. The van der Waals surface area contributed by atoms with Crippen molar-refractivity contribution in [3.05, 3.63) is 24.5 Å². The Labute approximate surface area is 127 Å². The quantitative estimate of drug-likeness (QED) is 0.868. The van der Waals surface area contributed by atoms with Gasteiger partial charge in [0, 0.05) is 5.69 Å². The van der Waals surface area contributed by atoms with Gasteiger partial charge in [0.2, 0.25) is 5.91 Å². The van der Waals surface area contributed by atoms with E-state index in [1.54, 1.807) is 25.3 Å². The molecule has 1 fully saturated rings. The van der Waals surface area contributed by atoms with E-state index in [0.29, 0.717) is 17.1 Å².